The fourth-order valence-corrected chi connectivity index (χ4v) is 2.40. The summed E-state index contributed by atoms with van der Waals surface area (Å²) in [5, 5.41) is 7.35. The number of rotatable bonds is 3. The lowest BCUT2D eigenvalue weighted by Gasteiger charge is -2.36. The summed E-state index contributed by atoms with van der Waals surface area (Å²) >= 11 is 0. The average molecular weight is 247 g/mol. The highest BCUT2D eigenvalue weighted by molar-refractivity contribution is 5.94. The lowest BCUT2D eigenvalue weighted by Crippen LogP contribution is -2.45. The van der Waals surface area contributed by atoms with Crippen molar-refractivity contribution in [1.82, 2.24) is 9.88 Å². The third-order valence-electron chi connectivity index (χ3n) is 3.57. The number of piperidine rings is 1. The summed E-state index contributed by atoms with van der Waals surface area (Å²) in [4.78, 5) is 8.96. The number of anilines is 1. The minimum Gasteiger partial charge on any atom is -0.384 e. The fraction of sp³-hybridized carbons (Fsp3) is 0.538. The van der Waals surface area contributed by atoms with Crippen LogP contribution in [0.2, 0.25) is 0 Å². The molecule has 0 spiro atoms. The van der Waals surface area contributed by atoms with Crippen LogP contribution >= 0.6 is 0 Å². The maximum atomic E-state index is 7.35. The third kappa shape index (κ3) is 2.79. The predicted molar refractivity (Wildman–Crippen MR) is 74.2 cm³/mol. The molecule has 1 aliphatic heterocycles. The summed E-state index contributed by atoms with van der Waals surface area (Å²) in [6.45, 7) is 2.26. The maximum absolute atomic E-state index is 7.35. The molecule has 0 amide bonds. The van der Waals surface area contributed by atoms with Gasteiger partial charge in [-0.3, -0.25) is 5.41 Å². The lowest BCUT2D eigenvalue weighted by atomic mass is 10.1. The van der Waals surface area contributed by atoms with Crippen LogP contribution in [0.15, 0.2) is 18.3 Å². The first-order chi connectivity index (χ1) is 8.58. The molecule has 5 nitrogen and oxygen atoms in total. The number of nitrogens with zero attached hydrogens (tertiary/aromatic N) is 3. The molecule has 1 aromatic rings. The number of nitrogens with two attached hydrogens (primary N) is 1. The van der Waals surface area contributed by atoms with E-state index in [0.717, 1.165) is 12.4 Å². The maximum Gasteiger partial charge on any atom is 0.128 e. The second-order valence-corrected chi connectivity index (χ2v) is 4.99. The number of hydrogen-bond donors (Lipinski definition) is 2. The van der Waals surface area contributed by atoms with Crippen LogP contribution in [0, 0.1) is 5.41 Å². The summed E-state index contributed by atoms with van der Waals surface area (Å²) in [6, 6.07) is 4.30. The van der Waals surface area contributed by atoms with Gasteiger partial charge in [-0.05, 0) is 38.6 Å². The van der Waals surface area contributed by atoms with Crippen molar-refractivity contribution in [2.45, 2.75) is 18.9 Å². The molecular formula is C13H21N5. The van der Waals surface area contributed by atoms with Gasteiger partial charge in [0.15, 0.2) is 0 Å². The van der Waals surface area contributed by atoms with Gasteiger partial charge in [-0.2, -0.15) is 0 Å². The fourth-order valence-electron chi connectivity index (χ4n) is 2.40. The van der Waals surface area contributed by atoms with Gasteiger partial charge >= 0.3 is 0 Å². The van der Waals surface area contributed by atoms with Crippen LogP contribution in [-0.2, 0) is 0 Å². The van der Waals surface area contributed by atoms with Crippen LogP contribution in [0.3, 0.4) is 0 Å². The van der Waals surface area contributed by atoms with Crippen LogP contribution in [0.4, 0.5) is 5.82 Å². The first-order valence-electron chi connectivity index (χ1n) is 6.30. The molecular weight excluding hydrogens is 226 g/mol. The Hall–Kier alpha value is -1.62. The summed E-state index contributed by atoms with van der Waals surface area (Å²) in [7, 11) is 4.24. The van der Waals surface area contributed by atoms with Gasteiger partial charge in [-0.15, -0.1) is 0 Å². The summed E-state index contributed by atoms with van der Waals surface area (Å²) < 4.78 is 0. The molecule has 3 N–H and O–H groups in total. The van der Waals surface area contributed by atoms with E-state index in [1.165, 1.54) is 19.4 Å². The second-order valence-electron chi connectivity index (χ2n) is 4.99. The number of hydrogen-bond acceptors (Lipinski definition) is 4. The Kier molecular flexibility index (Phi) is 3.81. The van der Waals surface area contributed by atoms with Crippen LogP contribution in [-0.4, -0.2) is 48.9 Å². The molecule has 2 heterocycles. The highest BCUT2D eigenvalue weighted by atomic mass is 15.2. The minimum absolute atomic E-state index is 0.0640. The Morgan fingerprint density at radius 2 is 2.33 bits per heavy atom. The predicted octanol–water partition coefficient (Wildman–Crippen LogP) is 0.896. The monoisotopic (exact) mass is 247 g/mol. The molecule has 98 valence electrons. The number of nitrogen functional groups attached to an aromatic ring is 1. The smallest absolute Gasteiger partial charge is 0.128 e. The number of pyridine rings is 1. The van der Waals surface area contributed by atoms with E-state index in [9.17, 15) is 0 Å². The molecule has 1 atom stereocenters. The summed E-state index contributed by atoms with van der Waals surface area (Å²) in [6.07, 6.45) is 4.11. The molecule has 0 radical (unpaired) electrons. The molecule has 1 unspecified atom stereocenters. The molecule has 1 fully saturated rings. The van der Waals surface area contributed by atoms with Gasteiger partial charge < -0.3 is 15.5 Å². The molecule has 0 aromatic carbocycles. The van der Waals surface area contributed by atoms with E-state index in [0.29, 0.717) is 11.6 Å². The average Bonchev–Trinajstić information content (AvgIpc) is 2.38. The molecule has 1 saturated heterocycles. The number of aromatic nitrogens is 1. The van der Waals surface area contributed by atoms with Crippen molar-refractivity contribution >= 4 is 11.7 Å². The van der Waals surface area contributed by atoms with Gasteiger partial charge in [0.2, 0.25) is 0 Å². The van der Waals surface area contributed by atoms with E-state index < -0.39 is 0 Å². The van der Waals surface area contributed by atoms with Gasteiger partial charge in [-0.25, -0.2) is 4.98 Å². The van der Waals surface area contributed by atoms with Crippen molar-refractivity contribution in [2.75, 3.05) is 32.1 Å². The van der Waals surface area contributed by atoms with E-state index in [-0.39, 0.29) is 5.84 Å². The molecule has 5 heteroatoms. The zero-order valence-corrected chi connectivity index (χ0v) is 11.1. The Labute approximate surface area is 108 Å². The topological polar surface area (TPSA) is 69.2 Å². The van der Waals surface area contributed by atoms with E-state index in [1.54, 1.807) is 6.20 Å². The molecule has 1 aromatic heterocycles. The van der Waals surface area contributed by atoms with Crippen molar-refractivity contribution in [2.24, 2.45) is 5.73 Å². The van der Waals surface area contributed by atoms with Gasteiger partial charge in [0, 0.05) is 31.4 Å². The molecule has 0 aliphatic carbocycles. The van der Waals surface area contributed by atoms with E-state index >= 15 is 0 Å². The van der Waals surface area contributed by atoms with Crippen molar-refractivity contribution in [3.63, 3.8) is 0 Å². The Bertz CT molecular complexity index is 414. The van der Waals surface area contributed by atoms with Crippen LogP contribution < -0.4 is 10.6 Å². The quantitative estimate of drug-likeness (QED) is 0.615. The van der Waals surface area contributed by atoms with Gasteiger partial charge in [0.1, 0.15) is 11.7 Å². The molecule has 1 aliphatic rings. The van der Waals surface area contributed by atoms with Crippen molar-refractivity contribution < 1.29 is 0 Å². The van der Waals surface area contributed by atoms with Gasteiger partial charge in [0.25, 0.3) is 0 Å². The SMILES string of the molecule is CN1CCCC(N(C)c2ccc(C(=N)N)cn2)C1. The van der Waals surface area contributed by atoms with Crippen LogP contribution in [0.5, 0.6) is 0 Å². The summed E-state index contributed by atoms with van der Waals surface area (Å²) in [5.74, 6) is 1.01. The highest BCUT2D eigenvalue weighted by Gasteiger charge is 2.21. The zero-order valence-electron chi connectivity index (χ0n) is 11.1. The standard InChI is InChI=1S/C13H21N5/c1-17-7-3-4-11(9-17)18(2)12-6-5-10(8-16-12)13(14)15/h5-6,8,11H,3-4,7,9H2,1-2H3,(H3,14,15). The molecule has 0 saturated carbocycles. The van der Waals surface area contributed by atoms with Gasteiger partial charge in [0.05, 0.1) is 0 Å². The number of nitrogens with one attached hydrogen (secondary N) is 1. The lowest BCUT2D eigenvalue weighted by molar-refractivity contribution is 0.247. The van der Waals surface area contributed by atoms with E-state index in [1.807, 2.05) is 12.1 Å². The normalized spacial score (nSPS) is 20.7. The van der Waals surface area contributed by atoms with E-state index in [2.05, 4.69) is 28.9 Å². The van der Waals surface area contributed by atoms with Crippen LogP contribution in [0.25, 0.3) is 0 Å². The summed E-state index contributed by atoms with van der Waals surface area (Å²) in [5.41, 5.74) is 6.10. The number of likely N-dealkylation sites (N-methyl/N-ethyl adjacent to an activating group) is 2. The van der Waals surface area contributed by atoms with Crippen molar-refractivity contribution in [3.05, 3.63) is 23.9 Å². The highest BCUT2D eigenvalue weighted by Crippen LogP contribution is 2.19. The zero-order chi connectivity index (χ0) is 13.1. The minimum atomic E-state index is 0.0640. The first-order valence-corrected chi connectivity index (χ1v) is 6.30. The molecule has 18 heavy (non-hydrogen) atoms. The van der Waals surface area contributed by atoms with Crippen molar-refractivity contribution in [3.8, 4) is 0 Å². The number of amidine groups is 1. The number of likely N-dealkylation sites (tertiary alicyclic amines) is 1. The Balaban J connectivity index is 2.08. The second kappa shape index (κ2) is 5.35. The first kappa shape index (κ1) is 12.8. The third-order valence-corrected chi connectivity index (χ3v) is 3.57. The van der Waals surface area contributed by atoms with Crippen molar-refractivity contribution in [1.29, 1.82) is 5.41 Å². The largest absolute Gasteiger partial charge is 0.384 e. The van der Waals surface area contributed by atoms with Gasteiger partial charge in [-0.1, -0.05) is 0 Å². The molecule has 2 rings (SSSR count). The Morgan fingerprint density at radius 3 is 2.89 bits per heavy atom. The molecule has 0 bridgehead atoms. The Morgan fingerprint density at radius 1 is 1.56 bits per heavy atom. The van der Waals surface area contributed by atoms with Crippen LogP contribution in [0.1, 0.15) is 18.4 Å². The van der Waals surface area contributed by atoms with E-state index in [4.69, 9.17) is 11.1 Å².